The summed E-state index contributed by atoms with van der Waals surface area (Å²) >= 11 is 0. The Balaban J connectivity index is 3.98. The van der Waals surface area contributed by atoms with Crippen molar-refractivity contribution in [1.29, 1.82) is 0 Å². The number of hydrogen-bond donors (Lipinski definition) is 0. The summed E-state index contributed by atoms with van der Waals surface area (Å²) in [4.78, 5) is 38.1. The first-order valence-corrected chi connectivity index (χ1v) is 32.8. The van der Waals surface area contributed by atoms with E-state index in [1.165, 1.54) is 212 Å². The van der Waals surface area contributed by atoms with Crippen LogP contribution in [-0.4, -0.2) is 37.2 Å². The highest BCUT2D eigenvalue weighted by Gasteiger charge is 2.19. The molecule has 0 radical (unpaired) electrons. The van der Waals surface area contributed by atoms with E-state index in [9.17, 15) is 14.4 Å². The SMILES string of the molecule is CC/C=C\C/C=C\C/C=C\C/C=C\C/C=C\CCCCCCCCCCCCCCCCCCCCCC(=O)OCC(COC(=O)CCCCCCCCCCCC)OC(=O)CCCCCCCCCCCCCC. The zero-order valence-corrected chi connectivity index (χ0v) is 50.1. The van der Waals surface area contributed by atoms with Crippen LogP contribution in [0.3, 0.4) is 0 Å². The maximum absolute atomic E-state index is 12.8. The first-order chi connectivity index (χ1) is 37.0. The second-order valence-corrected chi connectivity index (χ2v) is 22.0. The molecule has 0 saturated carbocycles. The third-order valence-electron chi connectivity index (χ3n) is 14.5. The smallest absolute Gasteiger partial charge is 0.306 e. The first kappa shape index (κ1) is 72.1. The Morgan fingerprint density at radius 2 is 0.520 bits per heavy atom. The monoisotopic (exact) mass is 1050 g/mol. The van der Waals surface area contributed by atoms with Crippen molar-refractivity contribution < 1.29 is 28.6 Å². The molecule has 436 valence electrons. The lowest BCUT2D eigenvalue weighted by molar-refractivity contribution is -0.167. The summed E-state index contributed by atoms with van der Waals surface area (Å²) in [7, 11) is 0. The van der Waals surface area contributed by atoms with Crippen LogP contribution in [0, 0.1) is 0 Å². The molecule has 75 heavy (non-hydrogen) atoms. The first-order valence-electron chi connectivity index (χ1n) is 32.8. The fourth-order valence-corrected chi connectivity index (χ4v) is 9.65. The number of carbonyl (C=O) groups is 3. The summed E-state index contributed by atoms with van der Waals surface area (Å²) < 4.78 is 16.9. The summed E-state index contributed by atoms with van der Waals surface area (Å²) in [5, 5.41) is 0. The fraction of sp³-hybridized carbons (Fsp3) is 0.812. The van der Waals surface area contributed by atoms with Crippen molar-refractivity contribution in [2.24, 2.45) is 0 Å². The lowest BCUT2D eigenvalue weighted by Gasteiger charge is -2.18. The van der Waals surface area contributed by atoms with Crippen LogP contribution in [0.4, 0.5) is 0 Å². The van der Waals surface area contributed by atoms with Gasteiger partial charge in [0, 0.05) is 19.3 Å². The lowest BCUT2D eigenvalue weighted by atomic mass is 10.0. The molecule has 0 aliphatic carbocycles. The molecule has 0 saturated heterocycles. The van der Waals surface area contributed by atoms with Gasteiger partial charge in [-0.05, 0) is 64.2 Å². The molecule has 0 spiro atoms. The van der Waals surface area contributed by atoms with Gasteiger partial charge in [0.1, 0.15) is 13.2 Å². The highest BCUT2D eigenvalue weighted by molar-refractivity contribution is 5.71. The number of ether oxygens (including phenoxy) is 3. The van der Waals surface area contributed by atoms with E-state index >= 15 is 0 Å². The van der Waals surface area contributed by atoms with Crippen LogP contribution >= 0.6 is 0 Å². The van der Waals surface area contributed by atoms with Crippen LogP contribution < -0.4 is 0 Å². The average molecular weight is 1050 g/mol. The fourth-order valence-electron chi connectivity index (χ4n) is 9.65. The van der Waals surface area contributed by atoms with Gasteiger partial charge >= 0.3 is 17.9 Å². The van der Waals surface area contributed by atoms with Crippen LogP contribution in [0.1, 0.15) is 342 Å². The number of allylic oxidation sites excluding steroid dienone is 10. The number of hydrogen-bond acceptors (Lipinski definition) is 6. The second kappa shape index (κ2) is 63.6. The third kappa shape index (κ3) is 61.8. The van der Waals surface area contributed by atoms with Gasteiger partial charge in [-0.25, -0.2) is 0 Å². The molecule has 0 fully saturated rings. The molecule has 0 heterocycles. The Labute approximate surface area is 466 Å². The van der Waals surface area contributed by atoms with Gasteiger partial charge < -0.3 is 14.2 Å². The van der Waals surface area contributed by atoms with Gasteiger partial charge in [-0.3, -0.25) is 14.4 Å². The summed E-state index contributed by atoms with van der Waals surface area (Å²) in [6, 6.07) is 0. The van der Waals surface area contributed by atoms with Gasteiger partial charge in [0.2, 0.25) is 0 Å². The van der Waals surface area contributed by atoms with Crippen molar-refractivity contribution >= 4 is 17.9 Å². The Kier molecular flexibility index (Phi) is 61.2. The van der Waals surface area contributed by atoms with Crippen molar-refractivity contribution in [3.63, 3.8) is 0 Å². The van der Waals surface area contributed by atoms with Crippen molar-refractivity contribution in [1.82, 2.24) is 0 Å². The van der Waals surface area contributed by atoms with Crippen molar-refractivity contribution in [3.8, 4) is 0 Å². The van der Waals surface area contributed by atoms with Crippen LogP contribution in [0.15, 0.2) is 60.8 Å². The van der Waals surface area contributed by atoms with E-state index < -0.39 is 6.10 Å². The summed E-state index contributed by atoms with van der Waals surface area (Å²) in [6.45, 7) is 6.55. The predicted molar refractivity (Wildman–Crippen MR) is 325 cm³/mol. The van der Waals surface area contributed by atoms with Gasteiger partial charge in [-0.1, -0.05) is 319 Å². The van der Waals surface area contributed by atoms with Gasteiger partial charge in [-0.2, -0.15) is 0 Å². The zero-order valence-electron chi connectivity index (χ0n) is 50.1. The van der Waals surface area contributed by atoms with Gasteiger partial charge in [0.25, 0.3) is 0 Å². The third-order valence-corrected chi connectivity index (χ3v) is 14.5. The average Bonchev–Trinajstić information content (AvgIpc) is 3.41. The number of carbonyl (C=O) groups excluding carboxylic acids is 3. The molecule has 6 nitrogen and oxygen atoms in total. The van der Waals surface area contributed by atoms with Crippen LogP contribution in [-0.2, 0) is 28.6 Å². The molecular weight excluding hydrogens is 925 g/mol. The van der Waals surface area contributed by atoms with E-state index in [-0.39, 0.29) is 31.1 Å². The minimum absolute atomic E-state index is 0.0664. The van der Waals surface area contributed by atoms with Crippen molar-refractivity contribution in [2.75, 3.05) is 13.2 Å². The molecule has 0 aromatic carbocycles. The molecule has 0 aromatic heterocycles. The minimum Gasteiger partial charge on any atom is -0.462 e. The number of unbranched alkanes of at least 4 members (excludes halogenated alkanes) is 39. The Bertz CT molecular complexity index is 1340. The maximum Gasteiger partial charge on any atom is 0.306 e. The minimum atomic E-state index is -0.766. The van der Waals surface area contributed by atoms with E-state index in [4.69, 9.17) is 14.2 Å². The highest BCUT2D eigenvalue weighted by atomic mass is 16.6. The number of rotatable bonds is 60. The highest BCUT2D eigenvalue weighted by Crippen LogP contribution is 2.18. The van der Waals surface area contributed by atoms with Gasteiger partial charge in [0.15, 0.2) is 6.10 Å². The van der Waals surface area contributed by atoms with Crippen LogP contribution in [0.2, 0.25) is 0 Å². The molecule has 0 aliphatic rings. The Morgan fingerprint density at radius 3 is 0.813 bits per heavy atom. The van der Waals surface area contributed by atoms with E-state index in [1.807, 2.05) is 0 Å². The van der Waals surface area contributed by atoms with Crippen molar-refractivity contribution in [2.45, 2.75) is 348 Å². The Hall–Kier alpha value is -2.89. The molecule has 1 atom stereocenters. The number of esters is 3. The molecule has 6 heteroatoms. The molecule has 0 rings (SSSR count). The molecule has 1 unspecified atom stereocenters. The second-order valence-electron chi connectivity index (χ2n) is 22.0. The quantitative estimate of drug-likeness (QED) is 0.0261. The molecule has 0 bridgehead atoms. The normalized spacial score (nSPS) is 12.4. The van der Waals surface area contributed by atoms with Crippen molar-refractivity contribution in [3.05, 3.63) is 60.8 Å². The molecule has 0 aliphatic heterocycles. The Morgan fingerprint density at radius 1 is 0.280 bits per heavy atom. The van der Waals surface area contributed by atoms with E-state index in [0.29, 0.717) is 19.3 Å². The zero-order chi connectivity index (χ0) is 54.3. The maximum atomic E-state index is 12.8. The van der Waals surface area contributed by atoms with E-state index in [2.05, 4.69) is 81.5 Å². The predicted octanol–water partition coefficient (Wildman–Crippen LogP) is 22.3. The van der Waals surface area contributed by atoms with E-state index in [0.717, 1.165) is 89.9 Å². The van der Waals surface area contributed by atoms with Gasteiger partial charge in [-0.15, -0.1) is 0 Å². The summed E-state index contributed by atoms with van der Waals surface area (Å²) in [6.07, 6.45) is 81.2. The van der Waals surface area contributed by atoms with E-state index in [1.54, 1.807) is 0 Å². The molecule has 0 aromatic rings. The van der Waals surface area contributed by atoms with Crippen LogP contribution in [0.5, 0.6) is 0 Å². The van der Waals surface area contributed by atoms with Crippen LogP contribution in [0.25, 0.3) is 0 Å². The molecule has 0 N–H and O–H groups in total. The largest absolute Gasteiger partial charge is 0.462 e. The summed E-state index contributed by atoms with van der Waals surface area (Å²) in [5.74, 6) is -0.848. The lowest BCUT2D eigenvalue weighted by Crippen LogP contribution is -2.30. The van der Waals surface area contributed by atoms with Gasteiger partial charge in [0.05, 0.1) is 0 Å². The standard InChI is InChI=1S/C69H124O6/c1-4-7-10-13-16-19-22-24-25-26-27-28-29-30-31-32-33-34-35-36-37-38-39-40-41-42-43-44-45-46-48-50-53-56-59-62-68(71)74-65-66(64-73-67(70)61-58-55-52-49-21-18-15-12-9-6-3)75-69(72)63-60-57-54-51-47-23-20-17-14-11-8-5-2/h7,10,16,19,24-25,27-28,30-31,66H,4-6,8-9,11-15,17-18,20-23,26,29,32-65H2,1-3H3/b10-7-,19-16-,25-24-,28-27-,31-30-. The molecule has 0 amide bonds. The molecular formula is C69H124O6. The topological polar surface area (TPSA) is 78.9 Å². The summed E-state index contributed by atoms with van der Waals surface area (Å²) in [5.41, 5.74) is 0.